The molecular formula is C14H27N. The molecule has 2 aliphatic rings. The van der Waals surface area contributed by atoms with E-state index < -0.39 is 0 Å². The summed E-state index contributed by atoms with van der Waals surface area (Å²) in [4.78, 5) is 0. The maximum atomic E-state index is 6.38. The quantitative estimate of drug-likeness (QED) is 0.750. The van der Waals surface area contributed by atoms with Gasteiger partial charge in [0.15, 0.2) is 0 Å². The Labute approximate surface area is 94.8 Å². The molecule has 0 amide bonds. The maximum absolute atomic E-state index is 6.38. The molecule has 2 N–H and O–H groups in total. The molecule has 0 bridgehead atoms. The molecule has 0 saturated heterocycles. The van der Waals surface area contributed by atoms with Gasteiger partial charge in [0, 0.05) is 6.04 Å². The summed E-state index contributed by atoms with van der Waals surface area (Å²) < 4.78 is 0. The van der Waals surface area contributed by atoms with Crippen LogP contribution < -0.4 is 5.73 Å². The summed E-state index contributed by atoms with van der Waals surface area (Å²) in [6.45, 7) is 0. The molecule has 0 radical (unpaired) electrons. The Morgan fingerprint density at radius 3 is 1.93 bits per heavy atom. The van der Waals surface area contributed by atoms with Gasteiger partial charge in [0.2, 0.25) is 0 Å². The minimum absolute atomic E-state index is 0.522. The van der Waals surface area contributed by atoms with Crippen molar-refractivity contribution in [2.24, 2.45) is 17.6 Å². The largest absolute Gasteiger partial charge is 0.327 e. The molecule has 1 heteroatoms. The molecule has 2 aliphatic carbocycles. The van der Waals surface area contributed by atoms with Crippen LogP contribution in [0.5, 0.6) is 0 Å². The van der Waals surface area contributed by atoms with Gasteiger partial charge in [-0.25, -0.2) is 0 Å². The molecule has 2 rings (SSSR count). The van der Waals surface area contributed by atoms with Gasteiger partial charge in [0.25, 0.3) is 0 Å². The van der Waals surface area contributed by atoms with Crippen LogP contribution in [0.25, 0.3) is 0 Å². The molecule has 0 aromatic rings. The molecule has 1 unspecified atom stereocenters. The van der Waals surface area contributed by atoms with Gasteiger partial charge in [-0.05, 0) is 31.1 Å². The summed E-state index contributed by atoms with van der Waals surface area (Å²) in [5.74, 6) is 1.83. The van der Waals surface area contributed by atoms with Gasteiger partial charge >= 0.3 is 0 Å². The summed E-state index contributed by atoms with van der Waals surface area (Å²) in [6, 6.07) is 0.522. The van der Waals surface area contributed by atoms with Crippen LogP contribution >= 0.6 is 0 Å². The highest BCUT2D eigenvalue weighted by atomic mass is 14.7. The molecule has 0 aromatic carbocycles. The van der Waals surface area contributed by atoms with E-state index in [9.17, 15) is 0 Å². The molecule has 1 nitrogen and oxygen atoms in total. The van der Waals surface area contributed by atoms with E-state index in [2.05, 4.69) is 0 Å². The van der Waals surface area contributed by atoms with Crippen LogP contribution in [-0.4, -0.2) is 6.04 Å². The van der Waals surface area contributed by atoms with Crippen molar-refractivity contribution in [3.05, 3.63) is 0 Å². The Balaban J connectivity index is 1.72. The van der Waals surface area contributed by atoms with Crippen molar-refractivity contribution in [2.45, 2.75) is 76.7 Å². The molecule has 0 heterocycles. The maximum Gasteiger partial charge on any atom is 0.00697 e. The first-order valence-corrected chi connectivity index (χ1v) is 7.12. The minimum Gasteiger partial charge on any atom is -0.327 e. The van der Waals surface area contributed by atoms with Crippen LogP contribution in [-0.2, 0) is 0 Å². The van der Waals surface area contributed by atoms with Crippen LogP contribution in [0.2, 0.25) is 0 Å². The van der Waals surface area contributed by atoms with Crippen LogP contribution in [0.1, 0.15) is 70.6 Å². The van der Waals surface area contributed by atoms with Gasteiger partial charge in [-0.15, -0.1) is 0 Å². The fraction of sp³-hybridized carbons (Fsp3) is 1.00. The molecule has 0 spiro atoms. The molecule has 1 atom stereocenters. The first-order valence-electron chi connectivity index (χ1n) is 7.12. The highest BCUT2D eigenvalue weighted by Crippen LogP contribution is 2.32. The Bertz CT molecular complexity index is 166. The topological polar surface area (TPSA) is 26.0 Å². The second-order valence-electron chi connectivity index (χ2n) is 5.80. The van der Waals surface area contributed by atoms with Crippen LogP contribution in [0.4, 0.5) is 0 Å². The summed E-state index contributed by atoms with van der Waals surface area (Å²) in [6.07, 6.45) is 15.8. The van der Waals surface area contributed by atoms with Gasteiger partial charge in [-0.2, -0.15) is 0 Å². The van der Waals surface area contributed by atoms with E-state index in [4.69, 9.17) is 5.73 Å². The third kappa shape index (κ3) is 3.48. The van der Waals surface area contributed by atoms with Gasteiger partial charge in [-0.1, -0.05) is 51.4 Å². The summed E-state index contributed by atoms with van der Waals surface area (Å²) >= 11 is 0. The highest BCUT2D eigenvalue weighted by molar-refractivity contribution is 4.80. The standard InChI is InChI=1S/C14H27N/c15-14(13-9-5-2-6-10-13)11-12-7-3-1-4-8-12/h12-14H,1-11,15H2. The molecule has 88 valence electrons. The fourth-order valence-electron chi connectivity index (χ4n) is 3.56. The third-order valence-corrected chi connectivity index (χ3v) is 4.59. The van der Waals surface area contributed by atoms with E-state index in [-0.39, 0.29) is 0 Å². The van der Waals surface area contributed by atoms with Crippen molar-refractivity contribution in [2.75, 3.05) is 0 Å². The van der Waals surface area contributed by atoms with Gasteiger partial charge in [-0.3, -0.25) is 0 Å². The van der Waals surface area contributed by atoms with E-state index in [1.807, 2.05) is 0 Å². The fourth-order valence-corrected chi connectivity index (χ4v) is 3.56. The number of nitrogens with two attached hydrogens (primary N) is 1. The second-order valence-corrected chi connectivity index (χ2v) is 5.80. The van der Waals surface area contributed by atoms with Crippen LogP contribution in [0, 0.1) is 11.8 Å². The first kappa shape index (κ1) is 11.4. The number of rotatable bonds is 3. The van der Waals surface area contributed by atoms with Crippen molar-refractivity contribution in [3.8, 4) is 0 Å². The molecule has 0 aromatic heterocycles. The predicted octanol–water partition coefficient (Wildman–Crippen LogP) is 3.86. The zero-order chi connectivity index (χ0) is 10.5. The SMILES string of the molecule is NC(CC1CCCCC1)C1CCCCC1. The Hall–Kier alpha value is -0.0400. The van der Waals surface area contributed by atoms with E-state index in [0.29, 0.717) is 6.04 Å². The monoisotopic (exact) mass is 209 g/mol. The first-order chi connectivity index (χ1) is 7.36. The van der Waals surface area contributed by atoms with Gasteiger partial charge in [0.05, 0.1) is 0 Å². The van der Waals surface area contributed by atoms with Crippen molar-refractivity contribution in [1.29, 1.82) is 0 Å². The zero-order valence-corrected chi connectivity index (χ0v) is 10.1. The predicted molar refractivity (Wildman–Crippen MR) is 65.7 cm³/mol. The van der Waals surface area contributed by atoms with E-state index in [1.54, 1.807) is 0 Å². The number of hydrogen-bond acceptors (Lipinski definition) is 1. The lowest BCUT2D eigenvalue weighted by molar-refractivity contribution is 0.241. The molecular weight excluding hydrogens is 182 g/mol. The van der Waals surface area contributed by atoms with Crippen molar-refractivity contribution >= 4 is 0 Å². The number of hydrogen-bond donors (Lipinski definition) is 1. The lowest BCUT2D eigenvalue weighted by atomic mass is 9.77. The average Bonchev–Trinajstić information content (AvgIpc) is 2.31. The third-order valence-electron chi connectivity index (χ3n) is 4.59. The Kier molecular flexibility index (Phi) is 4.49. The lowest BCUT2D eigenvalue weighted by Crippen LogP contribution is -2.34. The normalized spacial score (nSPS) is 27.8. The van der Waals surface area contributed by atoms with Gasteiger partial charge < -0.3 is 5.73 Å². The minimum atomic E-state index is 0.522. The summed E-state index contributed by atoms with van der Waals surface area (Å²) in [7, 11) is 0. The van der Waals surface area contributed by atoms with Crippen molar-refractivity contribution in [1.82, 2.24) is 0 Å². The smallest absolute Gasteiger partial charge is 0.00697 e. The molecule has 15 heavy (non-hydrogen) atoms. The Morgan fingerprint density at radius 2 is 1.33 bits per heavy atom. The van der Waals surface area contributed by atoms with Crippen LogP contribution in [0.15, 0.2) is 0 Å². The molecule has 0 aliphatic heterocycles. The van der Waals surface area contributed by atoms with E-state index >= 15 is 0 Å². The van der Waals surface area contributed by atoms with Crippen LogP contribution in [0.3, 0.4) is 0 Å². The second kappa shape index (κ2) is 5.89. The van der Waals surface area contributed by atoms with E-state index in [1.165, 1.54) is 70.6 Å². The zero-order valence-electron chi connectivity index (χ0n) is 10.1. The summed E-state index contributed by atoms with van der Waals surface area (Å²) in [5, 5.41) is 0. The van der Waals surface area contributed by atoms with Crippen molar-refractivity contribution in [3.63, 3.8) is 0 Å². The highest BCUT2D eigenvalue weighted by Gasteiger charge is 2.24. The van der Waals surface area contributed by atoms with Gasteiger partial charge in [0.1, 0.15) is 0 Å². The lowest BCUT2D eigenvalue weighted by Gasteiger charge is -2.31. The molecule has 2 fully saturated rings. The average molecular weight is 209 g/mol. The molecule has 2 saturated carbocycles. The summed E-state index contributed by atoms with van der Waals surface area (Å²) in [5.41, 5.74) is 6.38. The Morgan fingerprint density at radius 1 is 0.800 bits per heavy atom. The van der Waals surface area contributed by atoms with E-state index in [0.717, 1.165) is 11.8 Å². The van der Waals surface area contributed by atoms with Crippen molar-refractivity contribution < 1.29 is 0 Å².